The lowest BCUT2D eigenvalue weighted by atomic mass is 9.83. The number of nitrogens with two attached hydrogens (primary N) is 1. The van der Waals surface area contributed by atoms with Crippen LogP contribution in [0.15, 0.2) is 53.4 Å². The van der Waals surface area contributed by atoms with Crippen molar-refractivity contribution in [3.63, 3.8) is 0 Å². The molecule has 0 aliphatic carbocycles. The molecule has 0 amide bonds. The van der Waals surface area contributed by atoms with Crippen molar-refractivity contribution >= 4 is 21.8 Å². The summed E-state index contributed by atoms with van der Waals surface area (Å²) in [6.07, 6.45) is 0.569. The largest absolute Gasteiger partial charge is 0.493 e. The molecule has 0 saturated heterocycles. The Hall–Kier alpha value is -2.95. The predicted molar refractivity (Wildman–Crippen MR) is 118 cm³/mol. The van der Waals surface area contributed by atoms with Crippen LogP contribution >= 0.6 is 0 Å². The molecule has 174 valence electrons. The van der Waals surface area contributed by atoms with Crippen LogP contribution in [0.4, 0.5) is 0 Å². The molecule has 2 aromatic carbocycles. The van der Waals surface area contributed by atoms with E-state index in [1.54, 1.807) is 37.3 Å². The first-order valence-electron chi connectivity index (χ1n) is 9.97. The van der Waals surface area contributed by atoms with Gasteiger partial charge in [0.1, 0.15) is 0 Å². The Morgan fingerprint density at radius 2 is 1.72 bits per heavy atom. The molecule has 0 aromatic heterocycles. The van der Waals surface area contributed by atoms with E-state index >= 15 is 0 Å². The molecule has 32 heavy (non-hydrogen) atoms. The second kappa shape index (κ2) is 10.6. The van der Waals surface area contributed by atoms with Gasteiger partial charge in [0.25, 0.3) is 0 Å². The summed E-state index contributed by atoms with van der Waals surface area (Å²) in [6, 6.07) is 10.7. The first kappa shape index (κ1) is 25.3. The summed E-state index contributed by atoms with van der Waals surface area (Å²) in [5.41, 5.74) is 4.02. The van der Waals surface area contributed by atoms with Gasteiger partial charge in [-0.2, -0.15) is 4.72 Å². The highest BCUT2D eigenvalue weighted by Crippen LogP contribution is 2.31. The second-order valence-electron chi connectivity index (χ2n) is 7.19. The Morgan fingerprint density at radius 1 is 1.09 bits per heavy atom. The maximum atomic E-state index is 13.4. The van der Waals surface area contributed by atoms with Crippen molar-refractivity contribution in [3.05, 3.63) is 54.1 Å². The van der Waals surface area contributed by atoms with Gasteiger partial charge in [-0.1, -0.05) is 50.1 Å². The van der Waals surface area contributed by atoms with Crippen LogP contribution in [0.25, 0.3) is 0 Å². The average molecular weight is 465 g/mol. The minimum atomic E-state index is -4.45. The standard InChI is InChI=1S/C22H28N2O7S/c1-4-5-13-22(21(26)27,20(25)19(23)15-9-7-6-8-10-15)24-32(28,29)16-11-12-17(30-2)18(14-16)31-3/h6-12,14,19,24H,4-5,13,23H2,1-3H3,(H,26,27)/t19-,22+/m0/s1. The fraction of sp³-hybridized carbons (Fsp3) is 0.364. The molecule has 0 unspecified atom stereocenters. The van der Waals surface area contributed by atoms with Crippen LogP contribution in [-0.4, -0.2) is 45.0 Å². The van der Waals surface area contributed by atoms with E-state index in [0.717, 1.165) is 0 Å². The summed E-state index contributed by atoms with van der Waals surface area (Å²) in [7, 11) is -1.72. The highest BCUT2D eigenvalue weighted by Gasteiger charge is 2.50. The Labute approximate surface area is 187 Å². The number of carbonyl (C=O) groups is 2. The number of carboxylic acid groups (broad SMARTS) is 1. The molecule has 0 heterocycles. The molecule has 9 nitrogen and oxygen atoms in total. The minimum absolute atomic E-state index is 0.136. The molecule has 0 aliphatic heterocycles. The third-order valence-electron chi connectivity index (χ3n) is 5.11. The highest BCUT2D eigenvalue weighted by atomic mass is 32.2. The molecule has 0 aliphatic rings. The molecule has 0 radical (unpaired) electrons. The van der Waals surface area contributed by atoms with E-state index in [1.165, 1.54) is 32.4 Å². The van der Waals surface area contributed by atoms with Crippen LogP contribution < -0.4 is 19.9 Å². The molecule has 0 bridgehead atoms. The number of ketones is 1. The molecule has 0 fully saturated rings. The fourth-order valence-corrected chi connectivity index (χ4v) is 4.65. The van der Waals surface area contributed by atoms with Crippen LogP contribution in [0.1, 0.15) is 37.8 Å². The Bertz CT molecular complexity index is 1060. The molecule has 2 atom stereocenters. The summed E-state index contributed by atoms with van der Waals surface area (Å²) in [6.45, 7) is 1.80. The number of hydrogen-bond donors (Lipinski definition) is 3. The topological polar surface area (TPSA) is 145 Å². The van der Waals surface area contributed by atoms with E-state index in [2.05, 4.69) is 4.72 Å². The summed E-state index contributed by atoms with van der Waals surface area (Å²) >= 11 is 0. The van der Waals surface area contributed by atoms with Gasteiger partial charge in [0, 0.05) is 6.07 Å². The van der Waals surface area contributed by atoms with Crippen LogP contribution in [0, 0.1) is 0 Å². The van der Waals surface area contributed by atoms with E-state index < -0.39 is 33.4 Å². The zero-order chi connectivity index (χ0) is 23.9. The molecule has 0 saturated carbocycles. The lowest BCUT2D eigenvalue weighted by molar-refractivity contribution is -0.150. The van der Waals surface area contributed by atoms with Gasteiger partial charge in [-0.05, 0) is 24.1 Å². The van der Waals surface area contributed by atoms with Gasteiger partial charge in [-0.25, -0.2) is 13.2 Å². The van der Waals surface area contributed by atoms with Crippen molar-refractivity contribution in [1.29, 1.82) is 0 Å². The van der Waals surface area contributed by atoms with Crippen molar-refractivity contribution in [2.24, 2.45) is 5.73 Å². The summed E-state index contributed by atoms with van der Waals surface area (Å²) in [4.78, 5) is 25.5. The second-order valence-corrected chi connectivity index (χ2v) is 8.87. The number of methoxy groups -OCH3 is 2. The number of aliphatic carboxylic acids is 1. The SMILES string of the molecule is CCCC[C@](NS(=O)(=O)c1ccc(OC)c(OC)c1)(C(=O)O)C(=O)[C@@H](N)c1ccccc1. The van der Waals surface area contributed by atoms with Gasteiger partial charge in [0.05, 0.1) is 25.2 Å². The maximum Gasteiger partial charge on any atom is 0.332 e. The van der Waals surface area contributed by atoms with E-state index in [4.69, 9.17) is 15.2 Å². The van der Waals surface area contributed by atoms with Crippen LogP contribution in [0.3, 0.4) is 0 Å². The number of hydrogen-bond acceptors (Lipinski definition) is 7. The fourth-order valence-electron chi connectivity index (χ4n) is 3.27. The molecular formula is C22H28N2O7S. The van der Waals surface area contributed by atoms with Crippen LogP contribution in [-0.2, 0) is 19.6 Å². The van der Waals surface area contributed by atoms with Gasteiger partial charge in [-0.3, -0.25) is 4.79 Å². The van der Waals surface area contributed by atoms with Crippen molar-refractivity contribution < 1.29 is 32.6 Å². The summed E-state index contributed by atoms with van der Waals surface area (Å²) < 4.78 is 38.8. The average Bonchev–Trinajstić information content (AvgIpc) is 2.80. The first-order valence-corrected chi connectivity index (χ1v) is 11.5. The third-order valence-corrected chi connectivity index (χ3v) is 6.60. The van der Waals surface area contributed by atoms with Gasteiger partial charge < -0.3 is 20.3 Å². The Morgan fingerprint density at radius 3 is 2.25 bits per heavy atom. The van der Waals surface area contributed by atoms with Crippen molar-refractivity contribution in [3.8, 4) is 11.5 Å². The van der Waals surface area contributed by atoms with Crippen LogP contribution in [0.5, 0.6) is 11.5 Å². The highest BCUT2D eigenvalue weighted by molar-refractivity contribution is 7.89. The first-order chi connectivity index (χ1) is 15.1. The number of Topliss-reactive ketones (excluding diaryl/α,β-unsaturated/α-hetero) is 1. The smallest absolute Gasteiger partial charge is 0.332 e. The maximum absolute atomic E-state index is 13.4. The summed E-state index contributed by atoms with van der Waals surface area (Å²) in [5.74, 6) is -2.14. The van der Waals surface area contributed by atoms with Gasteiger partial charge in [-0.15, -0.1) is 0 Å². The molecule has 2 rings (SSSR count). The lowest BCUT2D eigenvalue weighted by Gasteiger charge is -2.31. The zero-order valence-electron chi connectivity index (χ0n) is 18.2. The Kier molecular flexibility index (Phi) is 8.37. The zero-order valence-corrected chi connectivity index (χ0v) is 19.0. The number of benzene rings is 2. The molecule has 0 spiro atoms. The molecule has 10 heteroatoms. The quantitative estimate of drug-likeness (QED) is 0.406. The third kappa shape index (κ3) is 5.26. The molecular weight excluding hydrogens is 436 g/mol. The van der Waals surface area contributed by atoms with E-state index in [-0.39, 0.29) is 23.5 Å². The normalized spacial score (nSPS) is 14.2. The van der Waals surface area contributed by atoms with Crippen molar-refractivity contribution in [2.75, 3.05) is 14.2 Å². The van der Waals surface area contributed by atoms with E-state index in [9.17, 15) is 23.1 Å². The van der Waals surface area contributed by atoms with Crippen molar-refractivity contribution in [1.82, 2.24) is 4.72 Å². The number of sulfonamides is 1. The van der Waals surface area contributed by atoms with Crippen molar-refractivity contribution in [2.45, 2.75) is 42.7 Å². The molecule has 4 N–H and O–H groups in total. The monoisotopic (exact) mass is 464 g/mol. The van der Waals surface area contributed by atoms with Gasteiger partial charge >= 0.3 is 5.97 Å². The van der Waals surface area contributed by atoms with E-state index in [0.29, 0.717) is 17.7 Å². The predicted octanol–water partition coefficient (Wildman–Crippen LogP) is 2.26. The number of unbranched alkanes of at least 4 members (excludes halogenated alkanes) is 1. The molecule has 2 aromatic rings. The van der Waals surface area contributed by atoms with Gasteiger partial charge in [0.15, 0.2) is 22.8 Å². The van der Waals surface area contributed by atoms with E-state index in [1.807, 2.05) is 0 Å². The number of ether oxygens (including phenoxy) is 2. The minimum Gasteiger partial charge on any atom is -0.493 e. The number of nitrogens with one attached hydrogen (secondary N) is 1. The summed E-state index contributed by atoms with van der Waals surface area (Å²) in [5, 5.41) is 10.1. The lowest BCUT2D eigenvalue weighted by Crippen LogP contribution is -2.62. The van der Waals surface area contributed by atoms with Gasteiger partial charge in [0.2, 0.25) is 10.0 Å². The Balaban J connectivity index is 2.55. The number of rotatable bonds is 12. The van der Waals surface area contributed by atoms with Crippen LogP contribution in [0.2, 0.25) is 0 Å². The number of carboxylic acids is 1. The number of carbonyl (C=O) groups excluding carboxylic acids is 1.